The summed E-state index contributed by atoms with van der Waals surface area (Å²) in [4.78, 5) is 44.0. The molecule has 0 fully saturated rings. The quantitative estimate of drug-likeness (QED) is 0.0357. The number of carbonyl (C=O) groups is 4. The monoisotopic (exact) mass is 766 g/mol. The van der Waals surface area contributed by atoms with Crippen molar-refractivity contribution in [1.29, 1.82) is 0 Å². The van der Waals surface area contributed by atoms with Gasteiger partial charge in [-0.1, -0.05) is 153 Å². The zero-order chi connectivity index (χ0) is 41.2. The van der Waals surface area contributed by atoms with Gasteiger partial charge in [0.1, 0.15) is 0 Å². The summed E-state index contributed by atoms with van der Waals surface area (Å²) in [5.41, 5.74) is 0.586. The highest BCUT2D eigenvalue weighted by Gasteiger charge is 2.18. The van der Waals surface area contributed by atoms with E-state index in [1.807, 2.05) is 50.2 Å². The zero-order valence-electron chi connectivity index (χ0n) is 33.2. The van der Waals surface area contributed by atoms with Crippen molar-refractivity contribution in [2.75, 3.05) is 13.2 Å². The van der Waals surface area contributed by atoms with Crippen molar-refractivity contribution in [2.45, 2.75) is 156 Å². The predicted octanol–water partition coefficient (Wildman–Crippen LogP) is 8.54. The summed E-state index contributed by atoms with van der Waals surface area (Å²) in [6.45, 7) is 8.98. The number of hydrogen-bond acceptors (Lipinski definition) is 10. The standard InChI is InChI=1S/C24H38O4.C6H6.C4H6O4.2C4H10O2/c1-3-5-7-9-11-15-19-27-23(25)21-17-13-14-18-22(21)24(26)28-20-16-12-10-8-6-4-2;1-2-4-6-5-3-1;5-3(6)1-2-4(7)8;2*1-2-3-4(5)6/h13-14,17-18H,3-12,15-16,19-20H2,1-2H3;1-6H;1-2H2,(H,5,6)(H,7,8);2*4-6H,2-3H2,1H3. The van der Waals surface area contributed by atoms with E-state index in [0.717, 1.165) is 38.5 Å². The minimum atomic E-state index is -1.10. The molecular formula is C42H70O12. The number of benzene rings is 2. The maximum Gasteiger partial charge on any atom is 0.339 e. The molecule has 0 radical (unpaired) electrons. The van der Waals surface area contributed by atoms with Crippen LogP contribution in [-0.4, -0.2) is 80.3 Å². The third kappa shape index (κ3) is 42.6. The van der Waals surface area contributed by atoms with Gasteiger partial charge in [0.15, 0.2) is 12.6 Å². The first-order valence-corrected chi connectivity index (χ1v) is 19.5. The van der Waals surface area contributed by atoms with E-state index < -0.39 is 36.5 Å². The van der Waals surface area contributed by atoms with E-state index in [2.05, 4.69) is 13.8 Å². The zero-order valence-corrected chi connectivity index (χ0v) is 33.2. The molecule has 0 aromatic heterocycles. The van der Waals surface area contributed by atoms with Crippen LogP contribution in [0, 0.1) is 0 Å². The molecule has 54 heavy (non-hydrogen) atoms. The molecule has 0 heterocycles. The number of carbonyl (C=O) groups excluding carboxylic acids is 2. The summed E-state index contributed by atoms with van der Waals surface area (Å²) >= 11 is 0. The van der Waals surface area contributed by atoms with E-state index in [1.54, 1.807) is 24.3 Å². The number of rotatable bonds is 23. The molecule has 2 aromatic carbocycles. The van der Waals surface area contributed by atoms with Crippen LogP contribution >= 0.6 is 0 Å². The minimum Gasteiger partial charge on any atom is -0.481 e. The molecule has 0 atom stereocenters. The first-order chi connectivity index (χ1) is 25.9. The molecule has 0 bridgehead atoms. The second-order valence-corrected chi connectivity index (χ2v) is 12.3. The van der Waals surface area contributed by atoms with Crippen molar-refractivity contribution in [3.63, 3.8) is 0 Å². The van der Waals surface area contributed by atoms with Crippen LogP contribution in [0.2, 0.25) is 0 Å². The van der Waals surface area contributed by atoms with Crippen molar-refractivity contribution < 1.29 is 59.3 Å². The lowest BCUT2D eigenvalue weighted by Crippen LogP contribution is -2.15. The van der Waals surface area contributed by atoms with Gasteiger partial charge in [0, 0.05) is 0 Å². The first kappa shape index (κ1) is 54.5. The average Bonchev–Trinajstić information content (AvgIpc) is 3.14. The molecular weight excluding hydrogens is 696 g/mol. The van der Waals surface area contributed by atoms with Crippen LogP contribution in [0.1, 0.15) is 164 Å². The van der Waals surface area contributed by atoms with Crippen LogP contribution in [0.25, 0.3) is 0 Å². The molecule has 0 aliphatic carbocycles. The third-order valence-corrected chi connectivity index (χ3v) is 7.14. The lowest BCUT2D eigenvalue weighted by molar-refractivity contribution is -0.143. The number of aliphatic hydroxyl groups is 4. The number of aliphatic hydroxyl groups excluding tert-OH is 2. The fourth-order valence-electron chi connectivity index (χ4n) is 4.20. The Labute approximate surface area is 323 Å². The lowest BCUT2D eigenvalue weighted by Gasteiger charge is -2.10. The van der Waals surface area contributed by atoms with E-state index in [0.29, 0.717) is 37.2 Å². The summed E-state index contributed by atoms with van der Waals surface area (Å²) in [5, 5.41) is 48.2. The summed E-state index contributed by atoms with van der Waals surface area (Å²) in [6, 6.07) is 18.7. The first-order valence-electron chi connectivity index (χ1n) is 19.5. The van der Waals surface area contributed by atoms with Crippen molar-refractivity contribution in [1.82, 2.24) is 0 Å². The average molecular weight is 767 g/mol. The van der Waals surface area contributed by atoms with Gasteiger partial charge in [-0.25, -0.2) is 9.59 Å². The van der Waals surface area contributed by atoms with Crippen LogP contribution in [0.5, 0.6) is 0 Å². The van der Waals surface area contributed by atoms with Crippen LogP contribution in [0.15, 0.2) is 60.7 Å². The van der Waals surface area contributed by atoms with Gasteiger partial charge >= 0.3 is 23.9 Å². The van der Waals surface area contributed by atoms with Gasteiger partial charge in [0.25, 0.3) is 0 Å². The fraction of sp³-hybridized carbons (Fsp3) is 0.619. The summed E-state index contributed by atoms with van der Waals surface area (Å²) in [7, 11) is 0. The van der Waals surface area contributed by atoms with E-state index >= 15 is 0 Å². The third-order valence-electron chi connectivity index (χ3n) is 7.14. The highest BCUT2D eigenvalue weighted by Crippen LogP contribution is 2.14. The van der Waals surface area contributed by atoms with Gasteiger partial charge in [0.2, 0.25) is 0 Å². The van der Waals surface area contributed by atoms with Crippen molar-refractivity contribution in [2.24, 2.45) is 0 Å². The van der Waals surface area contributed by atoms with Crippen LogP contribution in [0.3, 0.4) is 0 Å². The molecule has 0 unspecified atom stereocenters. The summed E-state index contributed by atoms with van der Waals surface area (Å²) in [5.74, 6) is -3.04. The minimum absolute atomic E-state index is 0.293. The Kier molecular flexibility index (Phi) is 42.3. The Hall–Kier alpha value is -3.84. The molecule has 0 aliphatic heterocycles. The maximum atomic E-state index is 12.4. The number of unbranched alkanes of at least 4 members (excludes halogenated alkanes) is 10. The summed E-state index contributed by atoms with van der Waals surface area (Å²) in [6.07, 6.45) is 13.5. The molecule has 6 N–H and O–H groups in total. The normalized spacial score (nSPS) is 9.89. The van der Waals surface area contributed by atoms with Gasteiger partial charge in [-0.05, 0) is 37.8 Å². The SMILES string of the molecule is CCCC(O)O.CCCC(O)O.CCCCCCCCOC(=O)c1ccccc1C(=O)OCCCCCCCC.O=C(O)CCC(=O)O.c1ccccc1. The molecule has 0 spiro atoms. The predicted molar refractivity (Wildman–Crippen MR) is 211 cm³/mol. The number of carboxylic acids is 2. The number of hydrogen-bond donors (Lipinski definition) is 6. The smallest absolute Gasteiger partial charge is 0.339 e. The van der Waals surface area contributed by atoms with Gasteiger partial charge in [-0.15, -0.1) is 0 Å². The molecule has 12 nitrogen and oxygen atoms in total. The Morgan fingerprint density at radius 1 is 0.463 bits per heavy atom. The van der Waals surface area contributed by atoms with E-state index in [9.17, 15) is 19.2 Å². The Balaban J connectivity index is -0.000000797. The van der Waals surface area contributed by atoms with E-state index in [4.69, 9.17) is 40.1 Å². The molecule has 0 saturated carbocycles. The van der Waals surface area contributed by atoms with Crippen molar-refractivity contribution >= 4 is 23.9 Å². The maximum absolute atomic E-state index is 12.4. The van der Waals surface area contributed by atoms with E-state index in [-0.39, 0.29) is 12.8 Å². The second-order valence-electron chi connectivity index (χ2n) is 12.3. The Morgan fingerprint density at radius 3 is 1.00 bits per heavy atom. The molecule has 2 aromatic rings. The molecule has 2 rings (SSSR count). The topological polar surface area (TPSA) is 208 Å². The van der Waals surface area contributed by atoms with Crippen LogP contribution < -0.4 is 0 Å². The molecule has 12 heteroatoms. The van der Waals surface area contributed by atoms with Crippen molar-refractivity contribution in [3.8, 4) is 0 Å². The van der Waals surface area contributed by atoms with E-state index in [1.165, 1.54) is 51.4 Å². The van der Waals surface area contributed by atoms with Gasteiger partial charge < -0.3 is 40.1 Å². The van der Waals surface area contributed by atoms with Crippen LogP contribution in [0.4, 0.5) is 0 Å². The molecule has 0 amide bonds. The highest BCUT2D eigenvalue weighted by atomic mass is 16.5. The number of esters is 2. The molecule has 0 saturated heterocycles. The van der Waals surface area contributed by atoms with Crippen LogP contribution in [-0.2, 0) is 19.1 Å². The van der Waals surface area contributed by atoms with Gasteiger partial charge in [-0.3, -0.25) is 9.59 Å². The molecule has 0 aliphatic rings. The second kappa shape index (κ2) is 41.9. The number of ether oxygens (including phenoxy) is 2. The largest absolute Gasteiger partial charge is 0.481 e. The molecule has 310 valence electrons. The highest BCUT2D eigenvalue weighted by molar-refractivity contribution is 6.03. The van der Waals surface area contributed by atoms with Gasteiger partial charge in [-0.2, -0.15) is 0 Å². The van der Waals surface area contributed by atoms with Gasteiger partial charge in [0.05, 0.1) is 37.2 Å². The Morgan fingerprint density at radius 2 is 0.759 bits per heavy atom. The Bertz CT molecular complexity index is 1040. The van der Waals surface area contributed by atoms with Crippen molar-refractivity contribution in [3.05, 3.63) is 71.8 Å². The fourth-order valence-corrected chi connectivity index (χ4v) is 4.20. The summed E-state index contributed by atoms with van der Waals surface area (Å²) < 4.78 is 10.7. The lowest BCUT2D eigenvalue weighted by atomic mass is 10.1. The number of aliphatic carboxylic acids is 2. The number of carboxylic acid groups (broad SMARTS) is 2.